The van der Waals surface area contributed by atoms with Gasteiger partial charge in [-0.2, -0.15) is 0 Å². The van der Waals surface area contributed by atoms with E-state index in [2.05, 4.69) is 10.6 Å². The van der Waals surface area contributed by atoms with Crippen LogP contribution in [0.4, 0.5) is 0 Å². The number of hydrogen-bond acceptors (Lipinski definition) is 4. The summed E-state index contributed by atoms with van der Waals surface area (Å²) in [5.74, 6) is -1.52. The first-order valence-corrected chi connectivity index (χ1v) is 8.84. The standard InChI is InChI=1S/C19H27N3O4/c1-11(2)16(23)18(25)20-12(3)17(24)21-15-14-8-6-5-7-13(14)9-10-22(4)19(15)26/h5-8,11-12,15-16,23H,9-10H2,1-4H3,(H,20,25)(H,21,24). The largest absolute Gasteiger partial charge is 0.383 e. The van der Waals surface area contributed by atoms with Gasteiger partial charge in [0.05, 0.1) is 0 Å². The normalized spacial score (nSPS) is 19.4. The Kier molecular flexibility index (Phi) is 6.37. The van der Waals surface area contributed by atoms with Crippen molar-refractivity contribution in [3.63, 3.8) is 0 Å². The summed E-state index contributed by atoms with van der Waals surface area (Å²) in [7, 11) is 1.71. The molecule has 7 heteroatoms. The zero-order valence-electron chi connectivity index (χ0n) is 15.7. The molecule has 3 amide bonds. The van der Waals surface area contributed by atoms with Gasteiger partial charge in [0.2, 0.25) is 17.7 Å². The predicted octanol–water partition coefficient (Wildman–Crippen LogP) is 0.380. The molecule has 1 heterocycles. The molecule has 26 heavy (non-hydrogen) atoms. The number of amides is 3. The number of aliphatic hydroxyl groups excluding tert-OH is 1. The van der Waals surface area contributed by atoms with Gasteiger partial charge in [-0.05, 0) is 30.4 Å². The summed E-state index contributed by atoms with van der Waals surface area (Å²) < 4.78 is 0. The fraction of sp³-hybridized carbons (Fsp3) is 0.526. The highest BCUT2D eigenvalue weighted by molar-refractivity contribution is 5.93. The van der Waals surface area contributed by atoms with E-state index in [4.69, 9.17) is 0 Å². The fourth-order valence-electron chi connectivity index (χ4n) is 2.87. The summed E-state index contributed by atoms with van der Waals surface area (Å²) >= 11 is 0. The minimum atomic E-state index is -1.18. The van der Waals surface area contributed by atoms with Crippen molar-refractivity contribution in [1.82, 2.24) is 15.5 Å². The van der Waals surface area contributed by atoms with Crippen molar-refractivity contribution < 1.29 is 19.5 Å². The Morgan fingerprint density at radius 2 is 1.85 bits per heavy atom. The zero-order valence-corrected chi connectivity index (χ0v) is 15.7. The quantitative estimate of drug-likeness (QED) is 0.706. The minimum absolute atomic E-state index is 0.191. The van der Waals surface area contributed by atoms with Gasteiger partial charge in [0.1, 0.15) is 18.2 Å². The zero-order chi connectivity index (χ0) is 19.4. The van der Waals surface area contributed by atoms with Crippen LogP contribution in [0.1, 0.15) is 37.9 Å². The third kappa shape index (κ3) is 4.40. The van der Waals surface area contributed by atoms with Crippen molar-refractivity contribution in [3.8, 4) is 0 Å². The Morgan fingerprint density at radius 3 is 2.50 bits per heavy atom. The van der Waals surface area contributed by atoms with Gasteiger partial charge < -0.3 is 20.6 Å². The second kappa shape index (κ2) is 8.31. The average molecular weight is 361 g/mol. The first-order chi connectivity index (χ1) is 12.2. The SMILES string of the molecule is CC(NC(=O)C(O)C(C)C)C(=O)NC1C(=O)N(C)CCc2ccccc21. The number of nitrogens with one attached hydrogen (secondary N) is 2. The molecule has 1 aliphatic heterocycles. The first-order valence-electron chi connectivity index (χ1n) is 8.84. The number of rotatable bonds is 5. The van der Waals surface area contributed by atoms with Crippen LogP contribution in [0.3, 0.4) is 0 Å². The second-order valence-electron chi connectivity index (χ2n) is 7.07. The third-order valence-corrected chi connectivity index (χ3v) is 4.64. The molecule has 0 saturated carbocycles. The monoisotopic (exact) mass is 361 g/mol. The van der Waals surface area contributed by atoms with E-state index >= 15 is 0 Å². The molecule has 7 nitrogen and oxygen atoms in total. The molecule has 0 bridgehead atoms. The molecule has 3 unspecified atom stereocenters. The Morgan fingerprint density at radius 1 is 1.19 bits per heavy atom. The summed E-state index contributed by atoms with van der Waals surface area (Å²) in [6.07, 6.45) is -0.464. The van der Waals surface area contributed by atoms with Crippen LogP contribution in [-0.2, 0) is 20.8 Å². The van der Waals surface area contributed by atoms with Gasteiger partial charge in [-0.3, -0.25) is 14.4 Å². The molecule has 3 N–H and O–H groups in total. The lowest BCUT2D eigenvalue weighted by Gasteiger charge is -2.24. The van der Waals surface area contributed by atoms with Gasteiger partial charge in [0.25, 0.3) is 0 Å². The molecule has 1 aromatic carbocycles. The summed E-state index contributed by atoms with van der Waals surface area (Å²) in [5, 5.41) is 15.0. The first kappa shape index (κ1) is 19.9. The number of carbonyl (C=O) groups excluding carboxylic acids is 3. The highest BCUT2D eigenvalue weighted by Gasteiger charge is 2.32. The maximum Gasteiger partial charge on any atom is 0.249 e. The minimum Gasteiger partial charge on any atom is -0.383 e. The third-order valence-electron chi connectivity index (χ3n) is 4.64. The topological polar surface area (TPSA) is 98.7 Å². The Bertz CT molecular complexity index is 689. The number of likely N-dealkylation sites (N-methyl/N-ethyl adjacent to an activating group) is 1. The molecular weight excluding hydrogens is 334 g/mol. The van der Waals surface area contributed by atoms with Crippen molar-refractivity contribution in [2.24, 2.45) is 5.92 Å². The lowest BCUT2D eigenvalue weighted by atomic mass is 9.99. The van der Waals surface area contributed by atoms with Crippen LogP contribution in [0.25, 0.3) is 0 Å². The Balaban J connectivity index is 2.13. The van der Waals surface area contributed by atoms with E-state index in [0.717, 1.165) is 17.5 Å². The van der Waals surface area contributed by atoms with Crippen LogP contribution in [0.5, 0.6) is 0 Å². The maximum absolute atomic E-state index is 12.7. The summed E-state index contributed by atoms with van der Waals surface area (Å²) in [5.41, 5.74) is 1.79. The lowest BCUT2D eigenvalue weighted by molar-refractivity contribution is -0.137. The number of benzene rings is 1. The van der Waals surface area contributed by atoms with Gasteiger partial charge in [0, 0.05) is 13.6 Å². The van der Waals surface area contributed by atoms with Crippen molar-refractivity contribution in [1.29, 1.82) is 0 Å². The van der Waals surface area contributed by atoms with Crippen LogP contribution in [-0.4, -0.2) is 53.5 Å². The van der Waals surface area contributed by atoms with Gasteiger partial charge >= 0.3 is 0 Å². The highest BCUT2D eigenvalue weighted by atomic mass is 16.3. The number of fused-ring (bicyclic) bond motifs is 1. The number of aliphatic hydroxyl groups is 1. The van der Waals surface area contributed by atoms with E-state index in [1.807, 2.05) is 24.3 Å². The summed E-state index contributed by atoms with van der Waals surface area (Å²) in [4.78, 5) is 38.7. The molecular formula is C19H27N3O4. The molecule has 1 aromatic rings. The van der Waals surface area contributed by atoms with Crippen molar-refractivity contribution in [2.45, 2.75) is 45.4 Å². The second-order valence-corrected chi connectivity index (χ2v) is 7.07. The van der Waals surface area contributed by atoms with E-state index in [9.17, 15) is 19.5 Å². The molecule has 1 aliphatic rings. The summed E-state index contributed by atoms with van der Waals surface area (Å²) in [6, 6.07) is 5.86. The van der Waals surface area contributed by atoms with E-state index in [1.165, 1.54) is 6.92 Å². The fourth-order valence-corrected chi connectivity index (χ4v) is 2.87. The molecule has 142 valence electrons. The number of carbonyl (C=O) groups is 3. The van der Waals surface area contributed by atoms with Gasteiger partial charge in [0.15, 0.2) is 0 Å². The number of nitrogens with zero attached hydrogens (tertiary/aromatic N) is 1. The van der Waals surface area contributed by atoms with Crippen LogP contribution in [0.2, 0.25) is 0 Å². The maximum atomic E-state index is 12.7. The smallest absolute Gasteiger partial charge is 0.249 e. The van der Waals surface area contributed by atoms with E-state index in [0.29, 0.717) is 6.54 Å². The molecule has 0 aromatic heterocycles. The molecule has 2 rings (SSSR count). The van der Waals surface area contributed by atoms with E-state index < -0.39 is 30.0 Å². The summed E-state index contributed by atoms with van der Waals surface area (Å²) in [6.45, 7) is 5.53. The molecule has 0 fully saturated rings. The highest BCUT2D eigenvalue weighted by Crippen LogP contribution is 2.24. The molecule has 0 radical (unpaired) electrons. The van der Waals surface area contributed by atoms with Crippen LogP contribution in [0, 0.1) is 5.92 Å². The Labute approximate surface area is 153 Å². The van der Waals surface area contributed by atoms with Gasteiger partial charge in [-0.1, -0.05) is 38.1 Å². The molecule has 3 atom stereocenters. The molecule has 0 aliphatic carbocycles. The van der Waals surface area contributed by atoms with Crippen molar-refractivity contribution >= 4 is 17.7 Å². The van der Waals surface area contributed by atoms with Crippen molar-refractivity contribution in [3.05, 3.63) is 35.4 Å². The van der Waals surface area contributed by atoms with E-state index in [-0.39, 0.29) is 11.8 Å². The van der Waals surface area contributed by atoms with Crippen LogP contribution < -0.4 is 10.6 Å². The van der Waals surface area contributed by atoms with Gasteiger partial charge in [-0.25, -0.2) is 0 Å². The number of hydrogen-bond donors (Lipinski definition) is 3. The van der Waals surface area contributed by atoms with Gasteiger partial charge in [-0.15, -0.1) is 0 Å². The van der Waals surface area contributed by atoms with Crippen molar-refractivity contribution in [2.75, 3.05) is 13.6 Å². The Hall–Kier alpha value is -2.41. The lowest BCUT2D eigenvalue weighted by Crippen LogP contribution is -2.51. The van der Waals surface area contributed by atoms with E-state index in [1.54, 1.807) is 25.8 Å². The predicted molar refractivity (Wildman–Crippen MR) is 97.1 cm³/mol. The van der Waals surface area contributed by atoms with Crippen LogP contribution in [0.15, 0.2) is 24.3 Å². The average Bonchev–Trinajstić information content (AvgIpc) is 2.73. The van der Waals surface area contributed by atoms with Crippen LogP contribution >= 0.6 is 0 Å². The molecule has 0 spiro atoms. The molecule has 0 saturated heterocycles.